The molecule has 3 heteroatoms. The quantitative estimate of drug-likeness (QED) is 0.776. The summed E-state index contributed by atoms with van der Waals surface area (Å²) in [5, 5.41) is 6.05. The smallest absolute Gasteiger partial charge is 0.124 e. The van der Waals surface area contributed by atoms with Gasteiger partial charge in [-0.05, 0) is 23.1 Å². The number of thioether (sulfide) groups is 1. The minimum atomic E-state index is 0.466. The molecule has 2 rings (SSSR count). The molecule has 0 unspecified atom stereocenters. The van der Waals surface area contributed by atoms with Gasteiger partial charge in [0.05, 0.1) is 6.61 Å². The summed E-state index contributed by atoms with van der Waals surface area (Å²) in [7, 11) is 0. The molecule has 0 bridgehead atoms. The second kappa shape index (κ2) is 7.55. The van der Waals surface area contributed by atoms with Gasteiger partial charge in [-0.3, -0.25) is 0 Å². The lowest BCUT2D eigenvalue weighted by Crippen LogP contribution is -2.22. The van der Waals surface area contributed by atoms with E-state index in [1.807, 2.05) is 11.8 Å². The normalized spacial score (nSPS) is 11.2. The maximum Gasteiger partial charge on any atom is 0.124 e. The third kappa shape index (κ3) is 3.90. The van der Waals surface area contributed by atoms with E-state index in [-0.39, 0.29) is 0 Å². The van der Waals surface area contributed by atoms with Crippen molar-refractivity contribution < 1.29 is 4.74 Å². The number of hydrogen-bond donors (Lipinski definition) is 1. The fourth-order valence-electron chi connectivity index (χ4n) is 2.17. The Morgan fingerprint density at radius 2 is 1.95 bits per heavy atom. The average molecular weight is 289 g/mol. The van der Waals surface area contributed by atoms with Crippen LogP contribution in [0.1, 0.15) is 19.4 Å². The van der Waals surface area contributed by atoms with Crippen LogP contribution < -0.4 is 10.1 Å². The molecule has 0 aliphatic carbocycles. The Labute approximate surface area is 125 Å². The van der Waals surface area contributed by atoms with Gasteiger partial charge in [-0.2, -0.15) is 11.8 Å². The summed E-state index contributed by atoms with van der Waals surface area (Å²) in [4.78, 5) is 0. The molecule has 0 saturated heterocycles. The Morgan fingerprint density at radius 3 is 2.70 bits per heavy atom. The summed E-state index contributed by atoms with van der Waals surface area (Å²) >= 11 is 1.81. The van der Waals surface area contributed by atoms with Gasteiger partial charge in [-0.15, -0.1) is 0 Å². The number of rotatable bonds is 7. The molecule has 108 valence electrons. The van der Waals surface area contributed by atoms with Crippen molar-refractivity contribution in [3.8, 4) is 5.75 Å². The zero-order valence-corrected chi connectivity index (χ0v) is 13.3. The lowest BCUT2D eigenvalue weighted by atomic mass is 10.0. The zero-order valence-electron chi connectivity index (χ0n) is 12.5. The van der Waals surface area contributed by atoms with Crippen molar-refractivity contribution in [1.82, 2.24) is 5.32 Å². The van der Waals surface area contributed by atoms with E-state index in [9.17, 15) is 0 Å². The maximum absolute atomic E-state index is 5.96. The van der Waals surface area contributed by atoms with E-state index in [4.69, 9.17) is 4.74 Å². The first-order valence-electron chi connectivity index (χ1n) is 7.08. The van der Waals surface area contributed by atoms with Crippen LogP contribution >= 0.6 is 11.8 Å². The number of benzene rings is 2. The van der Waals surface area contributed by atoms with Crippen LogP contribution in [0.15, 0.2) is 36.4 Å². The molecule has 0 atom stereocenters. The minimum absolute atomic E-state index is 0.466. The summed E-state index contributed by atoms with van der Waals surface area (Å²) in [5.74, 6) is 2.02. The Morgan fingerprint density at radius 1 is 1.15 bits per heavy atom. The lowest BCUT2D eigenvalue weighted by Gasteiger charge is -2.16. The molecular formula is C17H23NOS. The highest BCUT2D eigenvalue weighted by Gasteiger charge is 2.09. The Balaban J connectivity index is 2.31. The van der Waals surface area contributed by atoms with Crippen molar-refractivity contribution in [3.63, 3.8) is 0 Å². The van der Waals surface area contributed by atoms with Crippen molar-refractivity contribution >= 4 is 22.5 Å². The van der Waals surface area contributed by atoms with Gasteiger partial charge in [0.15, 0.2) is 0 Å². The number of ether oxygens (including phenoxy) is 1. The Hall–Kier alpha value is -1.19. The van der Waals surface area contributed by atoms with Gasteiger partial charge in [0.2, 0.25) is 0 Å². The minimum Gasteiger partial charge on any atom is -0.492 e. The Kier molecular flexibility index (Phi) is 5.74. The molecule has 1 N–H and O–H groups in total. The van der Waals surface area contributed by atoms with Crippen molar-refractivity contribution in [2.75, 3.05) is 18.6 Å². The van der Waals surface area contributed by atoms with Crippen LogP contribution in [-0.2, 0) is 6.54 Å². The fourth-order valence-corrected chi connectivity index (χ4v) is 2.42. The molecule has 0 amide bonds. The van der Waals surface area contributed by atoms with E-state index in [1.54, 1.807) is 0 Å². The van der Waals surface area contributed by atoms with Gasteiger partial charge < -0.3 is 10.1 Å². The SMILES string of the molecule is CSCCOc1ccc2ccccc2c1CNC(C)C. The van der Waals surface area contributed by atoms with E-state index in [1.165, 1.54) is 16.3 Å². The van der Waals surface area contributed by atoms with Crippen molar-refractivity contribution in [2.45, 2.75) is 26.4 Å². The van der Waals surface area contributed by atoms with Crippen molar-refractivity contribution in [3.05, 3.63) is 42.0 Å². The van der Waals surface area contributed by atoms with Crippen LogP contribution in [0.2, 0.25) is 0 Å². The number of nitrogens with one attached hydrogen (secondary N) is 1. The summed E-state index contributed by atoms with van der Waals surface area (Å²) in [6.07, 6.45) is 2.10. The van der Waals surface area contributed by atoms with Gasteiger partial charge in [0, 0.05) is 23.9 Å². The molecule has 0 aliphatic rings. The first-order chi connectivity index (χ1) is 9.72. The molecule has 0 heterocycles. The van der Waals surface area contributed by atoms with E-state index < -0.39 is 0 Å². The van der Waals surface area contributed by atoms with Gasteiger partial charge in [0.25, 0.3) is 0 Å². The van der Waals surface area contributed by atoms with Gasteiger partial charge in [0.1, 0.15) is 5.75 Å². The predicted molar refractivity (Wildman–Crippen MR) is 89.8 cm³/mol. The van der Waals surface area contributed by atoms with Gasteiger partial charge in [-0.1, -0.05) is 44.2 Å². The van der Waals surface area contributed by atoms with E-state index in [2.05, 4.69) is 61.8 Å². The van der Waals surface area contributed by atoms with Crippen molar-refractivity contribution in [1.29, 1.82) is 0 Å². The second-order valence-electron chi connectivity index (χ2n) is 5.14. The zero-order chi connectivity index (χ0) is 14.4. The second-order valence-corrected chi connectivity index (χ2v) is 6.13. The third-order valence-electron chi connectivity index (χ3n) is 3.23. The molecule has 20 heavy (non-hydrogen) atoms. The molecule has 0 spiro atoms. The van der Waals surface area contributed by atoms with E-state index >= 15 is 0 Å². The molecule has 2 aromatic rings. The third-order valence-corrected chi connectivity index (χ3v) is 3.80. The molecule has 0 saturated carbocycles. The molecular weight excluding hydrogens is 266 g/mol. The number of hydrogen-bond acceptors (Lipinski definition) is 3. The highest BCUT2D eigenvalue weighted by atomic mass is 32.2. The largest absolute Gasteiger partial charge is 0.492 e. The van der Waals surface area contributed by atoms with Crippen LogP contribution in [0.4, 0.5) is 0 Å². The van der Waals surface area contributed by atoms with Gasteiger partial charge in [-0.25, -0.2) is 0 Å². The topological polar surface area (TPSA) is 21.3 Å². The van der Waals surface area contributed by atoms with Crippen molar-refractivity contribution in [2.24, 2.45) is 0 Å². The predicted octanol–water partition coefficient (Wildman–Crippen LogP) is 4.08. The first-order valence-corrected chi connectivity index (χ1v) is 8.47. The summed E-state index contributed by atoms with van der Waals surface area (Å²) in [6.45, 7) is 5.93. The fraction of sp³-hybridized carbons (Fsp3) is 0.412. The molecule has 0 radical (unpaired) electrons. The van der Waals surface area contributed by atoms with Crippen LogP contribution in [0.25, 0.3) is 10.8 Å². The summed E-state index contributed by atoms with van der Waals surface area (Å²) in [5.41, 5.74) is 1.26. The maximum atomic E-state index is 5.96. The highest BCUT2D eigenvalue weighted by Crippen LogP contribution is 2.28. The molecule has 0 aromatic heterocycles. The van der Waals surface area contributed by atoms with Crippen LogP contribution in [0.5, 0.6) is 5.75 Å². The highest BCUT2D eigenvalue weighted by molar-refractivity contribution is 7.98. The molecule has 2 aromatic carbocycles. The molecule has 0 fully saturated rings. The monoisotopic (exact) mass is 289 g/mol. The molecule has 2 nitrogen and oxygen atoms in total. The Bertz CT molecular complexity index is 554. The van der Waals surface area contributed by atoms with Crippen LogP contribution in [0, 0.1) is 0 Å². The first kappa shape index (κ1) is 15.2. The lowest BCUT2D eigenvalue weighted by molar-refractivity contribution is 0.339. The summed E-state index contributed by atoms with van der Waals surface area (Å²) < 4.78 is 5.96. The standard InChI is InChI=1S/C17H23NOS/c1-13(2)18-12-16-15-7-5-4-6-14(15)8-9-17(16)19-10-11-20-3/h4-9,13,18H,10-12H2,1-3H3. The van der Waals surface area contributed by atoms with E-state index in [0.717, 1.165) is 24.7 Å². The van der Waals surface area contributed by atoms with E-state index in [0.29, 0.717) is 6.04 Å². The van der Waals surface area contributed by atoms with Crippen LogP contribution in [-0.4, -0.2) is 24.7 Å². The van der Waals surface area contributed by atoms with Crippen LogP contribution in [0.3, 0.4) is 0 Å². The summed E-state index contributed by atoms with van der Waals surface area (Å²) in [6, 6.07) is 13.2. The molecule has 0 aliphatic heterocycles. The average Bonchev–Trinajstić information content (AvgIpc) is 2.45. The number of fused-ring (bicyclic) bond motifs is 1. The van der Waals surface area contributed by atoms with Gasteiger partial charge >= 0.3 is 0 Å².